The number of nitrogens with zero attached hydrogens (tertiary/aromatic N) is 1. The Morgan fingerprint density at radius 3 is 1.62 bits per heavy atom. The van der Waals surface area contributed by atoms with Gasteiger partial charge in [0.25, 0.3) is 0 Å². The largest absolute Gasteiger partial charge is 0.309 e. The summed E-state index contributed by atoms with van der Waals surface area (Å²) in [6, 6.07) is 76.6. The van der Waals surface area contributed by atoms with Gasteiger partial charge in [-0.25, -0.2) is 0 Å². The summed E-state index contributed by atoms with van der Waals surface area (Å²) in [5.74, 6) is 0. The van der Waals surface area contributed by atoms with Crippen LogP contribution in [-0.2, 0) is 10.8 Å². The van der Waals surface area contributed by atoms with Gasteiger partial charge < -0.3 is 4.90 Å². The molecule has 1 aliphatic carbocycles. The van der Waals surface area contributed by atoms with Crippen molar-refractivity contribution in [2.45, 2.75) is 52.4 Å². The van der Waals surface area contributed by atoms with Crippen molar-refractivity contribution in [2.75, 3.05) is 4.90 Å². The van der Waals surface area contributed by atoms with Crippen molar-refractivity contribution in [3.8, 4) is 55.6 Å². The van der Waals surface area contributed by atoms with Gasteiger partial charge in [0, 0.05) is 22.1 Å². The Balaban J connectivity index is 1.12. The van der Waals surface area contributed by atoms with E-state index in [9.17, 15) is 0 Å². The molecule has 1 heteroatoms. The van der Waals surface area contributed by atoms with Crippen molar-refractivity contribution < 1.29 is 0 Å². The highest BCUT2D eigenvalue weighted by atomic mass is 15.2. The predicted octanol–water partition coefficient (Wildman–Crippen LogP) is 17.7. The molecule has 1 aliphatic heterocycles. The molecular weight excluding hydrogens is 783 g/mol. The van der Waals surface area contributed by atoms with Crippen molar-refractivity contribution >= 4 is 33.4 Å². The van der Waals surface area contributed by atoms with Gasteiger partial charge in [-0.2, -0.15) is 0 Å². The first kappa shape index (κ1) is 40.3. The SMILES string of the molecule is CC1=C(/C=C2\c3ccccc3-c3cc(-c4ccc(-c5ccc(C(C)(C)C)cc5)cc4)ccc3N2c2ccc3ccccc3c2-c2ccc(-c3ccccc3)cc2)c2ccccc2C1(C)C. The smallest absolute Gasteiger partial charge is 0.0547 e. The zero-order valence-corrected chi connectivity index (χ0v) is 38.2. The maximum Gasteiger partial charge on any atom is 0.0547 e. The second kappa shape index (κ2) is 15.6. The van der Waals surface area contributed by atoms with Crippen molar-refractivity contribution in [3.05, 3.63) is 240 Å². The summed E-state index contributed by atoms with van der Waals surface area (Å²) in [6.07, 6.45) is 2.49. The minimum atomic E-state index is -0.0884. The van der Waals surface area contributed by atoms with Gasteiger partial charge in [0.15, 0.2) is 0 Å². The second-order valence-electron chi connectivity index (χ2n) is 19.4. The fraction of sp³-hybridized carbons (Fsp3) is 0.125. The van der Waals surface area contributed by atoms with Crippen LogP contribution in [0.4, 0.5) is 11.4 Å². The number of benzene rings is 9. The van der Waals surface area contributed by atoms with Gasteiger partial charge in [-0.05, 0) is 114 Å². The third-order valence-electron chi connectivity index (χ3n) is 14.2. The van der Waals surface area contributed by atoms with Gasteiger partial charge in [0.1, 0.15) is 0 Å². The van der Waals surface area contributed by atoms with E-state index in [1.165, 1.54) is 106 Å². The molecule has 0 radical (unpaired) electrons. The maximum absolute atomic E-state index is 2.56. The van der Waals surface area contributed by atoms with E-state index in [2.05, 4.69) is 259 Å². The summed E-state index contributed by atoms with van der Waals surface area (Å²) in [5.41, 5.74) is 23.6. The first-order valence-electron chi connectivity index (χ1n) is 23.0. The van der Waals surface area contributed by atoms with E-state index in [-0.39, 0.29) is 10.8 Å². The first-order valence-corrected chi connectivity index (χ1v) is 23.0. The maximum atomic E-state index is 2.56. The monoisotopic (exact) mass is 835 g/mol. The van der Waals surface area contributed by atoms with Crippen molar-refractivity contribution in [2.24, 2.45) is 0 Å². The van der Waals surface area contributed by atoms with Gasteiger partial charge >= 0.3 is 0 Å². The van der Waals surface area contributed by atoms with E-state index in [1.807, 2.05) is 0 Å². The minimum absolute atomic E-state index is 0.0884. The van der Waals surface area contributed by atoms with Crippen LogP contribution in [0.5, 0.6) is 0 Å². The summed E-state index contributed by atoms with van der Waals surface area (Å²) in [4.78, 5) is 2.56. The molecule has 9 aromatic rings. The Morgan fingerprint density at radius 2 is 0.938 bits per heavy atom. The fourth-order valence-electron chi connectivity index (χ4n) is 10.3. The van der Waals surface area contributed by atoms with E-state index in [0.717, 1.165) is 11.4 Å². The van der Waals surface area contributed by atoms with E-state index in [4.69, 9.17) is 0 Å². The molecule has 0 unspecified atom stereocenters. The molecule has 0 saturated carbocycles. The quantitative estimate of drug-likeness (QED) is 0.161. The molecule has 0 amide bonds. The van der Waals surface area contributed by atoms with E-state index in [1.54, 1.807) is 0 Å². The number of allylic oxidation sites excluding steroid dienone is 3. The molecular formula is C64H53N. The lowest BCUT2D eigenvalue weighted by Gasteiger charge is -2.37. The molecule has 65 heavy (non-hydrogen) atoms. The molecule has 314 valence electrons. The zero-order chi connectivity index (χ0) is 44.5. The van der Waals surface area contributed by atoms with Gasteiger partial charge in [0.2, 0.25) is 0 Å². The number of hydrogen-bond donors (Lipinski definition) is 0. The van der Waals surface area contributed by atoms with Crippen molar-refractivity contribution in [1.82, 2.24) is 0 Å². The molecule has 0 N–H and O–H groups in total. The molecule has 0 aromatic heterocycles. The number of anilines is 2. The normalized spacial score (nSPS) is 14.7. The first-order chi connectivity index (χ1) is 31.5. The Bertz CT molecular complexity index is 3340. The van der Waals surface area contributed by atoms with Crippen LogP contribution in [0.25, 0.3) is 77.7 Å². The third-order valence-corrected chi connectivity index (χ3v) is 14.2. The molecule has 0 atom stereocenters. The van der Waals surface area contributed by atoms with E-state index in [0.29, 0.717) is 0 Å². The number of fused-ring (bicyclic) bond motifs is 5. The van der Waals surface area contributed by atoms with Gasteiger partial charge in [-0.15, -0.1) is 0 Å². The lowest BCUT2D eigenvalue weighted by atomic mass is 9.82. The average Bonchev–Trinajstić information content (AvgIpc) is 3.54. The summed E-state index contributed by atoms with van der Waals surface area (Å²) in [7, 11) is 0. The summed E-state index contributed by atoms with van der Waals surface area (Å²) >= 11 is 0. The molecule has 0 fully saturated rings. The minimum Gasteiger partial charge on any atom is -0.309 e. The van der Waals surface area contributed by atoms with E-state index < -0.39 is 0 Å². The highest BCUT2D eigenvalue weighted by Crippen LogP contribution is 2.54. The Labute approximate surface area is 384 Å². The van der Waals surface area contributed by atoms with Crippen molar-refractivity contribution in [3.63, 3.8) is 0 Å². The number of rotatable bonds is 6. The third kappa shape index (κ3) is 6.95. The Hall–Kier alpha value is -7.48. The molecule has 0 saturated heterocycles. The highest BCUT2D eigenvalue weighted by Gasteiger charge is 2.36. The Morgan fingerprint density at radius 1 is 0.431 bits per heavy atom. The van der Waals surface area contributed by atoms with Crippen LogP contribution in [0.2, 0.25) is 0 Å². The van der Waals surface area contributed by atoms with Crippen LogP contribution < -0.4 is 4.90 Å². The standard InChI is InChI=1S/C64H53N/c1-42-56(54-21-14-15-23-58(54)64(42,5)6)41-61-55-22-13-12-20-53(55)57-40-50(47-26-24-45(25-27-47)46-32-36-51(37-33-46)63(2,3)4)35-38-59(57)65(61)60-39-34-48-18-10-11-19-52(48)62(60)49-30-28-44(29-31-49)43-16-8-7-9-17-43/h7-41H,1-6H3/b61-41+. The predicted molar refractivity (Wildman–Crippen MR) is 278 cm³/mol. The highest BCUT2D eigenvalue weighted by molar-refractivity contribution is 6.12. The van der Waals surface area contributed by atoms with Crippen molar-refractivity contribution in [1.29, 1.82) is 0 Å². The lowest BCUT2D eigenvalue weighted by molar-refractivity contribution is 0.590. The summed E-state index contributed by atoms with van der Waals surface area (Å²) < 4.78 is 0. The molecule has 0 spiro atoms. The summed E-state index contributed by atoms with van der Waals surface area (Å²) in [5, 5.41) is 2.44. The second-order valence-corrected chi connectivity index (χ2v) is 19.4. The summed E-state index contributed by atoms with van der Waals surface area (Å²) in [6.45, 7) is 13.9. The van der Waals surface area contributed by atoms with Crippen LogP contribution in [-0.4, -0.2) is 0 Å². The van der Waals surface area contributed by atoms with Crippen LogP contribution in [0.15, 0.2) is 218 Å². The molecule has 0 bridgehead atoms. The van der Waals surface area contributed by atoms with Gasteiger partial charge in [-0.3, -0.25) is 0 Å². The molecule has 9 aromatic carbocycles. The zero-order valence-electron chi connectivity index (χ0n) is 38.2. The van der Waals surface area contributed by atoms with Crippen LogP contribution in [0.3, 0.4) is 0 Å². The van der Waals surface area contributed by atoms with E-state index >= 15 is 0 Å². The van der Waals surface area contributed by atoms with Crippen LogP contribution >= 0.6 is 0 Å². The molecule has 1 nitrogen and oxygen atoms in total. The Kier molecular flexibility index (Phi) is 9.70. The van der Waals surface area contributed by atoms with Crippen LogP contribution in [0, 0.1) is 0 Å². The fourth-order valence-corrected chi connectivity index (χ4v) is 10.3. The lowest BCUT2D eigenvalue weighted by Crippen LogP contribution is -2.21. The topological polar surface area (TPSA) is 3.24 Å². The van der Waals surface area contributed by atoms with Crippen LogP contribution in [0.1, 0.15) is 63.8 Å². The van der Waals surface area contributed by atoms with Gasteiger partial charge in [-0.1, -0.05) is 228 Å². The number of hydrogen-bond acceptors (Lipinski definition) is 1. The molecule has 2 aliphatic rings. The average molecular weight is 836 g/mol. The molecule has 1 heterocycles. The van der Waals surface area contributed by atoms with Gasteiger partial charge in [0.05, 0.1) is 17.1 Å². The molecule has 11 rings (SSSR count).